The summed E-state index contributed by atoms with van der Waals surface area (Å²) >= 11 is 0. The first-order valence-electron chi connectivity index (χ1n) is 7.24. The van der Waals surface area contributed by atoms with Gasteiger partial charge in [-0.2, -0.15) is 9.71 Å². The van der Waals surface area contributed by atoms with Crippen LogP contribution in [0.3, 0.4) is 0 Å². The maximum atomic E-state index is 9.65. The van der Waals surface area contributed by atoms with E-state index in [1.165, 1.54) is 6.20 Å². The number of nitrogens with one attached hydrogen (secondary N) is 1. The van der Waals surface area contributed by atoms with Crippen LogP contribution in [0.2, 0.25) is 0 Å². The van der Waals surface area contributed by atoms with E-state index in [-0.39, 0.29) is 11.4 Å². The number of nitrogens with two attached hydrogens (primary N) is 1. The average molecular weight is 330 g/mol. The molecule has 0 atom stereocenters. The number of hydrogen-bond donors (Lipinski definition) is 3. The van der Waals surface area contributed by atoms with Crippen LogP contribution in [0, 0.1) is 5.41 Å². The fourth-order valence-corrected chi connectivity index (χ4v) is 2.65. The van der Waals surface area contributed by atoms with E-state index >= 15 is 0 Å². The molecule has 0 amide bonds. The number of hydrogen-bond acceptors (Lipinski definition) is 7. The second-order valence-electron chi connectivity index (χ2n) is 5.22. The first kappa shape index (κ1) is 15.7. The normalized spacial score (nSPS) is 12.4. The highest BCUT2D eigenvalue weighted by molar-refractivity contribution is 5.72. The third kappa shape index (κ3) is 2.62. The topological polar surface area (TPSA) is 116 Å². The van der Waals surface area contributed by atoms with Gasteiger partial charge in [-0.3, -0.25) is 5.41 Å². The Morgan fingerprint density at radius 1 is 1.38 bits per heavy atom. The molecule has 0 bridgehead atoms. The molecule has 2 heterocycles. The van der Waals surface area contributed by atoms with Crippen LogP contribution >= 0.6 is 0 Å². The van der Waals surface area contributed by atoms with E-state index in [0.717, 1.165) is 11.1 Å². The third-order valence-electron chi connectivity index (χ3n) is 3.79. The minimum atomic E-state index is -0.325. The van der Waals surface area contributed by atoms with Crippen LogP contribution in [0.15, 0.2) is 18.3 Å². The van der Waals surface area contributed by atoms with Gasteiger partial charge in [-0.1, -0.05) is 6.08 Å². The SMILES string of the molecule is COc1cc(Cc2cn(O)c(=N)nc2N)c2c(c1OC)OCC=C2. The molecule has 0 aliphatic carbocycles. The third-order valence-corrected chi connectivity index (χ3v) is 3.79. The zero-order chi connectivity index (χ0) is 17.3. The quantitative estimate of drug-likeness (QED) is 0.725. The first-order chi connectivity index (χ1) is 11.5. The molecular weight excluding hydrogens is 312 g/mol. The lowest BCUT2D eigenvalue weighted by atomic mass is 9.97. The maximum absolute atomic E-state index is 9.65. The molecule has 2 aromatic rings. The average Bonchev–Trinajstić information content (AvgIpc) is 2.59. The molecule has 0 unspecified atom stereocenters. The number of aromatic nitrogens is 2. The summed E-state index contributed by atoms with van der Waals surface area (Å²) in [6, 6.07) is 1.84. The molecule has 0 saturated heterocycles. The Labute approximate surface area is 138 Å². The van der Waals surface area contributed by atoms with E-state index in [9.17, 15) is 5.21 Å². The molecule has 0 fully saturated rings. The summed E-state index contributed by atoms with van der Waals surface area (Å²) in [4.78, 5) is 3.81. The molecule has 1 aromatic heterocycles. The Morgan fingerprint density at radius 3 is 2.88 bits per heavy atom. The van der Waals surface area contributed by atoms with Gasteiger partial charge in [0.1, 0.15) is 12.4 Å². The fraction of sp³-hybridized carbons (Fsp3) is 0.250. The molecule has 3 rings (SSSR count). The van der Waals surface area contributed by atoms with Gasteiger partial charge in [0, 0.05) is 17.5 Å². The molecule has 8 nitrogen and oxygen atoms in total. The van der Waals surface area contributed by atoms with E-state index in [1.807, 2.05) is 18.2 Å². The molecule has 1 aromatic carbocycles. The number of anilines is 1. The second-order valence-corrected chi connectivity index (χ2v) is 5.22. The van der Waals surface area contributed by atoms with Crippen molar-refractivity contribution in [2.75, 3.05) is 26.6 Å². The molecule has 4 N–H and O–H groups in total. The lowest BCUT2D eigenvalue weighted by molar-refractivity contribution is 0.164. The van der Waals surface area contributed by atoms with Gasteiger partial charge in [0.15, 0.2) is 11.5 Å². The Balaban J connectivity index is 2.14. The van der Waals surface area contributed by atoms with Crippen molar-refractivity contribution in [3.05, 3.63) is 40.6 Å². The number of ether oxygens (including phenoxy) is 3. The monoisotopic (exact) mass is 330 g/mol. The van der Waals surface area contributed by atoms with Gasteiger partial charge < -0.3 is 25.2 Å². The summed E-state index contributed by atoms with van der Waals surface area (Å²) in [6.07, 6.45) is 5.61. The molecule has 0 spiro atoms. The standard InChI is InChI=1S/C16H18N4O4/c1-22-12-7-9(6-10-8-20(21)16(18)19-15(10)17)11-4-3-5-24-13(11)14(12)23-2/h3-4,7-8,21H,5-6H2,1-2H3,(H3,17,18,19). The van der Waals surface area contributed by atoms with E-state index in [0.29, 0.717) is 40.6 Å². The van der Waals surface area contributed by atoms with Crippen LogP contribution in [0.1, 0.15) is 16.7 Å². The van der Waals surface area contributed by atoms with Crippen LogP contribution < -0.4 is 25.6 Å². The number of methoxy groups -OCH3 is 2. The fourth-order valence-electron chi connectivity index (χ4n) is 2.65. The van der Waals surface area contributed by atoms with Crippen molar-refractivity contribution in [3.8, 4) is 17.2 Å². The van der Waals surface area contributed by atoms with E-state index < -0.39 is 0 Å². The second kappa shape index (κ2) is 6.15. The van der Waals surface area contributed by atoms with Gasteiger partial charge in [-0.15, -0.1) is 0 Å². The summed E-state index contributed by atoms with van der Waals surface area (Å²) < 4.78 is 17.1. The molecule has 0 radical (unpaired) electrons. The Morgan fingerprint density at radius 2 is 2.17 bits per heavy atom. The van der Waals surface area contributed by atoms with Crippen molar-refractivity contribution in [1.82, 2.24) is 9.71 Å². The number of benzene rings is 1. The van der Waals surface area contributed by atoms with Gasteiger partial charge in [0.2, 0.25) is 5.75 Å². The predicted molar refractivity (Wildman–Crippen MR) is 86.6 cm³/mol. The number of nitrogen functional groups attached to an aromatic ring is 1. The molecular formula is C16H18N4O4. The Hall–Kier alpha value is -3.16. The van der Waals surface area contributed by atoms with Crippen LogP contribution in [0.5, 0.6) is 17.2 Å². The van der Waals surface area contributed by atoms with Crippen LogP contribution in [-0.4, -0.2) is 35.7 Å². The van der Waals surface area contributed by atoms with Gasteiger partial charge >= 0.3 is 0 Å². The van der Waals surface area contributed by atoms with Crippen molar-refractivity contribution in [2.45, 2.75) is 6.42 Å². The van der Waals surface area contributed by atoms with Crippen LogP contribution in [0.25, 0.3) is 6.08 Å². The van der Waals surface area contributed by atoms with E-state index in [4.69, 9.17) is 25.4 Å². The summed E-state index contributed by atoms with van der Waals surface area (Å²) in [5.41, 5.74) is 7.88. The highest BCUT2D eigenvalue weighted by Crippen LogP contribution is 2.44. The Kier molecular flexibility index (Phi) is 4.03. The Bertz CT molecular complexity index is 873. The van der Waals surface area contributed by atoms with Gasteiger partial charge in [-0.05, 0) is 17.7 Å². The number of nitrogens with zero attached hydrogens (tertiary/aromatic N) is 2. The summed E-state index contributed by atoms with van der Waals surface area (Å²) in [7, 11) is 3.11. The minimum absolute atomic E-state index is 0.189. The minimum Gasteiger partial charge on any atom is -0.493 e. The van der Waals surface area contributed by atoms with E-state index in [2.05, 4.69) is 4.98 Å². The van der Waals surface area contributed by atoms with Gasteiger partial charge in [0.05, 0.1) is 20.4 Å². The lowest BCUT2D eigenvalue weighted by Gasteiger charge is -2.21. The molecule has 1 aliphatic rings. The van der Waals surface area contributed by atoms with Crippen molar-refractivity contribution in [1.29, 1.82) is 5.41 Å². The summed E-state index contributed by atoms with van der Waals surface area (Å²) in [5.74, 6) is 1.87. The van der Waals surface area contributed by atoms with Crippen molar-refractivity contribution in [3.63, 3.8) is 0 Å². The zero-order valence-electron chi connectivity index (χ0n) is 13.4. The van der Waals surface area contributed by atoms with Crippen LogP contribution in [-0.2, 0) is 6.42 Å². The largest absolute Gasteiger partial charge is 0.493 e. The predicted octanol–water partition coefficient (Wildman–Crippen LogP) is 1.20. The zero-order valence-corrected chi connectivity index (χ0v) is 13.4. The molecule has 24 heavy (non-hydrogen) atoms. The van der Waals surface area contributed by atoms with Crippen molar-refractivity contribution >= 4 is 11.9 Å². The van der Waals surface area contributed by atoms with E-state index in [1.54, 1.807) is 14.2 Å². The van der Waals surface area contributed by atoms with Gasteiger partial charge in [-0.25, -0.2) is 0 Å². The first-order valence-corrected chi connectivity index (χ1v) is 7.24. The number of rotatable bonds is 4. The smallest absolute Gasteiger partial charge is 0.257 e. The summed E-state index contributed by atoms with van der Waals surface area (Å²) in [6.45, 7) is 0.448. The van der Waals surface area contributed by atoms with Crippen molar-refractivity contribution in [2.24, 2.45) is 0 Å². The molecule has 8 heteroatoms. The van der Waals surface area contributed by atoms with Crippen LogP contribution in [0.4, 0.5) is 5.82 Å². The molecule has 0 saturated carbocycles. The lowest BCUT2D eigenvalue weighted by Crippen LogP contribution is -2.23. The highest BCUT2D eigenvalue weighted by Gasteiger charge is 2.22. The maximum Gasteiger partial charge on any atom is 0.257 e. The highest BCUT2D eigenvalue weighted by atomic mass is 16.5. The van der Waals surface area contributed by atoms with Crippen molar-refractivity contribution < 1.29 is 19.4 Å². The molecule has 1 aliphatic heterocycles. The molecule has 126 valence electrons. The number of fused-ring (bicyclic) bond motifs is 1. The summed E-state index contributed by atoms with van der Waals surface area (Å²) in [5, 5.41) is 17.1. The van der Waals surface area contributed by atoms with Gasteiger partial charge in [0.25, 0.3) is 5.62 Å².